The standard InChI is InChI=1S/C18H24O3/c1-3-7-15(8-4-1)12-19-13-16-11-18(20-14-16)21-17-9-5-2-6-10-17/h1,3-4,7-8,11,17-18H,2,5-6,9-10,12-14H2. The second-order valence-corrected chi connectivity index (χ2v) is 5.88. The number of hydrogen-bond donors (Lipinski definition) is 0. The largest absolute Gasteiger partial charge is 0.372 e. The average Bonchev–Trinajstić information content (AvgIpc) is 2.97. The predicted octanol–water partition coefficient (Wildman–Crippen LogP) is 3.84. The maximum Gasteiger partial charge on any atom is 0.177 e. The smallest absolute Gasteiger partial charge is 0.177 e. The molecule has 0 N–H and O–H groups in total. The van der Waals surface area contributed by atoms with Crippen LogP contribution in [0.25, 0.3) is 0 Å². The first kappa shape index (κ1) is 14.8. The third-order valence-corrected chi connectivity index (χ3v) is 4.08. The zero-order valence-electron chi connectivity index (χ0n) is 12.5. The lowest BCUT2D eigenvalue weighted by atomic mass is 9.98. The second kappa shape index (κ2) is 7.74. The van der Waals surface area contributed by atoms with Gasteiger partial charge in [-0.25, -0.2) is 0 Å². The Labute approximate surface area is 126 Å². The Morgan fingerprint density at radius 1 is 1.00 bits per heavy atom. The van der Waals surface area contributed by atoms with Gasteiger partial charge in [-0.2, -0.15) is 0 Å². The zero-order chi connectivity index (χ0) is 14.3. The van der Waals surface area contributed by atoms with Gasteiger partial charge in [0, 0.05) is 0 Å². The molecule has 1 heterocycles. The summed E-state index contributed by atoms with van der Waals surface area (Å²) >= 11 is 0. The minimum atomic E-state index is -0.163. The highest BCUT2D eigenvalue weighted by Gasteiger charge is 2.22. The molecule has 3 nitrogen and oxygen atoms in total. The number of ether oxygens (including phenoxy) is 3. The van der Waals surface area contributed by atoms with Crippen LogP contribution in [0.15, 0.2) is 42.0 Å². The van der Waals surface area contributed by atoms with Gasteiger partial charge in [-0.3, -0.25) is 0 Å². The van der Waals surface area contributed by atoms with Crippen LogP contribution >= 0.6 is 0 Å². The molecule has 1 unspecified atom stereocenters. The Kier molecular flexibility index (Phi) is 5.44. The van der Waals surface area contributed by atoms with Gasteiger partial charge < -0.3 is 14.2 Å². The summed E-state index contributed by atoms with van der Waals surface area (Å²) in [5, 5.41) is 0. The van der Waals surface area contributed by atoms with E-state index in [0.29, 0.717) is 25.9 Å². The molecule has 1 fully saturated rings. The van der Waals surface area contributed by atoms with Gasteiger partial charge in [0.05, 0.1) is 25.9 Å². The van der Waals surface area contributed by atoms with Crippen molar-refractivity contribution in [1.82, 2.24) is 0 Å². The molecule has 3 rings (SSSR count). The minimum Gasteiger partial charge on any atom is -0.372 e. The molecule has 1 aromatic rings. The van der Waals surface area contributed by atoms with Crippen molar-refractivity contribution in [2.24, 2.45) is 0 Å². The van der Waals surface area contributed by atoms with Gasteiger partial charge in [-0.05, 0) is 30.1 Å². The highest BCUT2D eigenvalue weighted by molar-refractivity contribution is 5.14. The van der Waals surface area contributed by atoms with Crippen molar-refractivity contribution in [2.75, 3.05) is 13.2 Å². The second-order valence-electron chi connectivity index (χ2n) is 5.88. The van der Waals surface area contributed by atoms with Crippen LogP contribution in [0.5, 0.6) is 0 Å². The van der Waals surface area contributed by atoms with Gasteiger partial charge >= 0.3 is 0 Å². The van der Waals surface area contributed by atoms with E-state index in [4.69, 9.17) is 14.2 Å². The first-order valence-corrected chi connectivity index (χ1v) is 7.98. The predicted molar refractivity (Wildman–Crippen MR) is 81.9 cm³/mol. The van der Waals surface area contributed by atoms with Crippen LogP contribution in [-0.4, -0.2) is 25.6 Å². The SMILES string of the molecule is C1=C(COCc2ccccc2)COC1OC1CCCCC1. The molecule has 0 saturated heterocycles. The molecule has 0 amide bonds. The van der Waals surface area contributed by atoms with Gasteiger partial charge in [0.15, 0.2) is 6.29 Å². The van der Waals surface area contributed by atoms with E-state index in [-0.39, 0.29) is 6.29 Å². The minimum absolute atomic E-state index is 0.163. The monoisotopic (exact) mass is 288 g/mol. The Bertz CT molecular complexity index is 449. The molecule has 1 aliphatic carbocycles. The maximum atomic E-state index is 5.99. The van der Waals surface area contributed by atoms with E-state index >= 15 is 0 Å². The molecule has 1 aliphatic heterocycles. The number of benzene rings is 1. The molecular weight excluding hydrogens is 264 g/mol. The van der Waals surface area contributed by atoms with Gasteiger partial charge in [0.2, 0.25) is 0 Å². The third-order valence-electron chi connectivity index (χ3n) is 4.08. The topological polar surface area (TPSA) is 27.7 Å². The van der Waals surface area contributed by atoms with E-state index in [1.54, 1.807) is 0 Å². The van der Waals surface area contributed by atoms with Crippen LogP contribution in [0.3, 0.4) is 0 Å². The molecule has 1 saturated carbocycles. The lowest BCUT2D eigenvalue weighted by molar-refractivity contribution is -0.134. The molecule has 3 heteroatoms. The van der Waals surface area contributed by atoms with Crippen LogP contribution in [0, 0.1) is 0 Å². The lowest BCUT2D eigenvalue weighted by Crippen LogP contribution is -2.23. The summed E-state index contributed by atoms with van der Waals surface area (Å²) in [6.07, 6.45) is 8.57. The highest BCUT2D eigenvalue weighted by Crippen LogP contribution is 2.24. The van der Waals surface area contributed by atoms with E-state index in [9.17, 15) is 0 Å². The van der Waals surface area contributed by atoms with E-state index in [2.05, 4.69) is 18.2 Å². The van der Waals surface area contributed by atoms with Crippen molar-refractivity contribution in [3.8, 4) is 0 Å². The molecule has 0 bridgehead atoms. The van der Waals surface area contributed by atoms with Gasteiger partial charge in [-0.15, -0.1) is 0 Å². The average molecular weight is 288 g/mol. The van der Waals surface area contributed by atoms with Crippen molar-refractivity contribution < 1.29 is 14.2 Å². The van der Waals surface area contributed by atoms with Crippen LogP contribution in [-0.2, 0) is 20.8 Å². The summed E-state index contributed by atoms with van der Waals surface area (Å²) in [7, 11) is 0. The molecule has 1 aromatic carbocycles. The van der Waals surface area contributed by atoms with Gasteiger partial charge in [-0.1, -0.05) is 49.6 Å². The van der Waals surface area contributed by atoms with Crippen LogP contribution in [0.1, 0.15) is 37.7 Å². The van der Waals surface area contributed by atoms with Crippen LogP contribution in [0.4, 0.5) is 0 Å². The van der Waals surface area contributed by atoms with Crippen molar-refractivity contribution in [3.05, 3.63) is 47.5 Å². The molecule has 21 heavy (non-hydrogen) atoms. The Morgan fingerprint density at radius 3 is 2.62 bits per heavy atom. The van der Waals surface area contributed by atoms with Crippen LogP contribution in [0.2, 0.25) is 0 Å². The van der Waals surface area contributed by atoms with Crippen molar-refractivity contribution in [2.45, 2.75) is 51.1 Å². The third kappa shape index (κ3) is 4.67. The molecule has 1 atom stereocenters. The van der Waals surface area contributed by atoms with Gasteiger partial charge in [0.1, 0.15) is 0 Å². The number of rotatable bonds is 6. The van der Waals surface area contributed by atoms with Crippen molar-refractivity contribution in [1.29, 1.82) is 0 Å². The maximum absolute atomic E-state index is 5.99. The van der Waals surface area contributed by atoms with Gasteiger partial charge in [0.25, 0.3) is 0 Å². The summed E-state index contributed by atoms with van der Waals surface area (Å²) in [6, 6.07) is 10.2. The van der Waals surface area contributed by atoms with E-state index < -0.39 is 0 Å². The fourth-order valence-corrected chi connectivity index (χ4v) is 2.91. The quantitative estimate of drug-likeness (QED) is 0.744. The summed E-state index contributed by atoms with van der Waals surface area (Å²) in [5.41, 5.74) is 2.39. The molecule has 0 spiro atoms. The first-order valence-electron chi connectivity index (χ1n) is 7.98. The molecule has 114 valence electrons. The van der Waals surface area contributed by atoms with E-state index in [1.807, 2.05) is 18.2 Å². The molecule has 2 aliphatic rings. The molecule has 0 radical (unpaired) electrons. The Hall–Kier alpha value is -1.16. The van der Waals surface area contributed by atoms with Crippen LogP contribution < -0.4 is 0 Å². The molecular formula is C18H24O3. The summed E-state index contributed by atoms with van der Waals surface area (Å²) < 4.78 is 17.4. The lowest BCUT2D eigenvalue weighted by Gasteiger charge is -2.24. The Morgan fingerprint density at radius 2 is 1.81 bits per heavy atom. The normalized spacial score (nSPS) is 23.2. The Balaban J connectivity index is 1.39. The summed E-state index contributed by atoms with van der Waals surface area (Å²) in [4.78, 5) is 0. The van der Waals surface area contributed by atoms with E-state index in [0.717, 1.165) is 0 Å². The fourth-order valence-electron chi connectivity index (χ4n) is 2.91. The summed E-state index contributed by atoms with van der Waals surface area (Å²) in [6.45, 7) is 1.90. The number of hydrogen-bond acceptors (Lipinski definition) is 3. The highest BCUT2D eigenvalue weighted by atomic mass is 16.7. The molecule has 0 aromatic heterocycles. The van der Waals surface area contributed by atoms with E-state index in [1.165, 1.54) is 43.2 Å². The summed E-state index contributed by atoms with van der Waals surface area (Å²) in [5.74, 6) is 0. The van der Waals surface area contributed by atoms with Crippen molar-refractivity contribution >= 4 is 0 Å². The first-order chi connectivity index (χ1) is 10.4. The fraction of sp³-hybridized carbons (Fsp3) is 0.556. The van der Waals surface area contributed by atoms with Crippen molar-refractivity contribution in [3.63, 3.8) is 0 Å². The zero-order valence-corrected chi connectivity index (χ0v) is 12.5.